The molecule has 0 atom stereocenters. The Hall–Kier alpha value is -1.29. The molecule has 0 saturated heterocycles. The van der Waals surface area contributed by atoms with Gasteiger partial charge in [-0.05, 0) is 38.1 Å². The van der Waals surface area contributed by atoms with E-state index < -0.39 is 0 Å². The van der Waals surface area contributed by atoms with Crippen LogP contribution in [0.1, 0.15) is 19.6 Å². The topological polar surface area (TPSA) is 34.2 Å². The third kappa shape index (κ3) is 4.88. The molecule has 1 aromatic heterocycles. The van der Waals surface area contributed by atoms with Crippen LogP contribution in [-0.4, -0.2) is 26.2 Å². The summed E-state index contributed by atoms with van der Waals surface area (Å²) in [4.78, 5) is 1.64. The van der Waals surface area contributed by atoms with Gasteiger partial charge in [0.15, 0.2) is 5.76 Å². The molecule has 0 aliphatic carbocycles. The van der Waals surface area contributed by atoms with Crippen molar-refractivity contribution in [3.8, 4) is 11.3 Å². The number of nitrogens with two attached hydrogens (primary N) is 1. The molecule has 0 fully saturated rings. The SMILES string of the molecule is CC[NH+](CC)CC[NH2+]Cc1ccc(-c2cccc(Cl)c2)o1. The quantitative estimate of drug-likeness (QED) is 0.714. The molecule has 1 aromatic carbocycles. The summed E-state index contributed by atoms with van der Waals surface area (Å²) in [5.41, 5.74) is 1.03. The highest BCUT2D eigenvalue weighted by Gasteiger charge is 2.08. The minimum Gasteiger partial charge on any atom is -0.455 e. The largest absolute Gasteiger partial charge is 0.455 e. The summed E-state index contributed by atoms with van der Waals surface area (Å²) in [5, 5.41) is 3.05. The van der Waals surface area contributed by atoms with Crippen LogP contribution in [0.3, 0.4) is 0 Å². The van der Waals surface area contributed by atoms with E-state index in [1.165, 1.54) is 19.6 Å². The highest BCUT2D eigenvalue weighted by Crippen LogP contribution is 2.24. The lowest BCUT2D eigenvalue weighted by molar-refractivity contribution is -0.910. The van der Waals surface area contributed by atoms with Crippen molar-refractivity contribution in [3.63, 3.8) is 0 Å². The number of furan rings is 1. The van der Waals surface area contributed by atoms with Crippen LogP contribution in [0, 0.1) is 0 Å². The van der Waals surface area contributed by atoms with E-state index in [2.05, 4.69) is 25.2 Å². The van der Waals surface area contributed by atoms with Crippen LogP contribution in [0.4, 0.5) is 0 Å². The maximum absolute atomic E-state index is 6.01. The highest BCUT2D eigenvalue weighted by atomic mass is 35.5. The molecule has 0 saturated carbocycles. The van der Waals surface area contributed by atoms with E-state index in [4.69, 9.17) is 16.0 Å². The van der Waals surface area contributed by atoms with Gasteiger partial charge in [0, 0.05) is 10.6 Å². The molecule has 2 aromatic rings. The average molecular weight is 309 g/mol. The normalized spacial score (nSPS) is 11.2. The Bertz CT molecular complexity index is 549. The number of benzene rings is 1. The molecule has 3 nitrogen and oxygen atoms in total. The Balaban J connectivity index is 1.83. The molecular weight excluding hydrogens is 284 g/mol. The molecule has 0 unspecified atom stereocenters. The van der Waals surface area contributed by atoms with Gasteiger partial charge >= 0.3 is 0 Å². The first-order chi connectivity index (χ1) is 10.2. The van der Waals surface area contributed by atoms with Gasteiger partial charge in [-0.1, -0.05) is 23.7 Å². The van der Waals surface area contributed by atoms with Gasteiger partial charge in [-0.3, -0.25) is 0 Å². The third-order valence-corrected chi connectivity index (χ3v) is 4.05. The minimum absolute atomic E-state index is 0.735. The summed E-state index contributed by atoms with van der Waals surface area (Å²) >= 11 is 6.01. The summed E-state index contributed by atoms with van der Waals surface area (Å²) in [6.45, 7) is 10.1. The number of hydrogen-bond acceptors (Lipinski definition) is 1. The molecule has 2 rings (SSSR count). The van der Waals surface area contributed by atoms with E-state index in [0.717, 1.165) is 35.2 Å². The van der Waals surface area contributed by atoms with Crippen LogP contribution < -0.4 is 10.2 Å². The molecular formula is C17H25ClN2O+2. The maximum Gasteiger partial charge on any atom is 0.158 e. The second kappa shape index (κ2) is 8.23. The first-order valence-electron chi connectivity index (χ1n) is 7.72. The van der Waals surface area contributed by atoms with Crippen molar-refractivity contribution in [1.29, 1.82) is 0 Å². The summed E-state index contributed by atoms with van der Waals surface area (Å²) < 4.78 is 5.89. The molecule has 0 amide bonds. The maximum atomic E-state index is 6.01. The zero-order chi connectivity index (χ0) is 15.1. The summed E-state index contributed by atoms with van der Waals surface area (Å²) in [6, 6.07) is 11.8. The first kappa shape index (κ1) is 16.1. The summed E-state index contributed by atoms with van der Waals surface area (Å²) in [6.07, 6.45) is 0. The Morgan fingerprint density at radius 3 is 2.67 bits per heavy atom. The van der Waals surface area contributed by atoms with Crippen LogP contribution in [0.5, 0.6) is 0 Å². The lowest BCUT2D eigenvalue weighted by Crippen LogP contribution is -3.14. The second-order valence-corrected chi connectivity index (χ2v) is 5.70. The minimum atomic E-state index is 0.735. The Kier molecular flexibility index (Phi) is 6.30. The summed E-state index contributed by atoms with van der Waals surface area (Å²) in [5.74, 6) is 1.90. The molecule has 0 aliphatic rings. The van der Waals surface area contributed by atoms with E-state index in [9.17, 15) is 0 Å². The smallest absolute Gasteiger partial charge is 0.158 e. The van der Waals surface area contributed by atoms with Crippen molar-refractivity contribution >= 4 is 11.6 Å². The predicted molar refractivity (Wildman–Crippen MR) is 86.6 cm³/mol. The fraction of sp³-hybridized carbons (Fsp3) is 0.412. The number of rotatable bonds is 8. The molecule has 21 heavy (non-hydrogen) atoms. The monoisotopic (exact) mass is 308 g/mol. The van der Waals surface area contributed by atoms with E-state index in [-0.39, 0.29) is 0 Å². The van der Waals surface area contributed by atoms with Crippen molar-refractivity contribution in [2.75, 3.05) is 26.2 Å². The summed E-state index contributed by atoms with van der Waals surface area (Å²) in [7, 11) is 0. The molecule has 0 radical (unpaired) electrons. The van der Waals surface area contributed by atoms with Crippen LogP contribution in [-0.2, 0) is 6.54 Å². The van der Waals surface area contributed by atoms with Crippen molar-refractivity contribution in [2.24, 2.45) is 0 Å². The molecule has 0 aliphatic heterocycles. The Morgan fingerprint density at radius 1 is 1.14 bits per heavy atom. The van der Waals surface area contributed by atoms with Crippen LogP contribution in [0.25, 0.3) is 11.3 Å². The number of nitrogens with one attached hydrogen (secondary N) is 1. The van der Waals surface area contributed by atoms with Crippen LogP contribution in [0.2, 0.25) is 5.02 Å². The van der Waals surface area contributed by atoms with E-state index in [1.54, 1.807) is 4.90 Å². The molecule has 0 spiro atoms. The van der Waals surface area contributed by atoms with E-state index in [0.29, 0.717) is 0 Å². The van der Waals surface area contributed by atoms with Gasteiger partial charge in [-0.25, -0.2) is 0 Å². The van der Waals surface area contributed by atoms with Crippen molar-refractivity contribution in [1.82, 2.24) is 0 Å². The zero-order valence-electron chi connectivity index (χ0n) is 12.9. The molecule has 3 N–H and O–H groups in total. The fourth-order valence-electron chi connectivity index (χ4n) is 2.44. The van der Waals surface area contributed by atoms with Gasteiger partial charge in [-0.15, -0.1) is 0 Å². The molecule has 4 heteroatoms. The van der Waals surface area contributed by atoms with Gasteiger partial charge in [0.25, 0.3) is 0 Å². The van der Waals surface area contributed by atoms with Gasteiger partial charge in [-0.2, -0.15) is 0 Å². The van der Waals surface area contributed by atoms with Gasteiger partial charge in [0.2, 0.25) is 0 Å². The van der Waals surface area contributed by atoms with Gasteiger partial charge in [0.05, 0.1) is 13.1 Å². The number of quaternary nitrogens is 2. The standard InChI is InChI=1S/C17H23ClN2O/c1-3-20(4-2)11-10-19-13-16-8-9-17(21-16)14-6-5-7-15(18)12-14/h5-9,12,19H,3-4,10-11,13H2,1-2H3/p+2. The molecule has 1 heterocycles. The van der Waals surface area contributed by atoms with Crippen LogP contribution >= 0.6 is 11.6 Å². The van der Waals surface area contributed by atoms with Crippen molar-refractivity contribution < 1.29 is 14.6 Å². The lowest BCUT2D eigenvalue weighted by atomic mass is 10.2. The highest BCUT2D eigenvalue weighted by molar-refractivity contribution is 6.30. The van der Waals surface area contributed by atoms with E-state index >= 15 is 0 Å². The van der Waals surface area contributed by atoms with Crippen molar-refractivity contribution in [2.45, 2.75) is 20.4 Å². The molecule has 0 bridgehead atoms. The second-order valence-electron chi connectivity index (χ2n) is 5.26. The zero-order valence-corrected chi connectivity index (χ0v) is 13.6. The average Bonchev–Trinajstić information content (AvgIpc) is 2.96. The number of hydrogen-bond donors (Lipinski definition) is 2. The Morgan fingerprint density at radius 2 is 1.95 bits per heavy atom. The van der Waals surface area contributed by atoms with Gasteiger partial charge in [0.1, 0.15) is 25.4 Å². The van der Waals surface area contributed by atoms with Crippen LogP contribution in [0.15, 0.2) is 40.8 Å². The predicted octanol–water partition coefficient (Wildman–Crippen LogP) is 1.59. The third-order valence-electron chi connectivity index (χ3n) is 3.82. The molecule has 114 valence electrons. The number of likely N-dealkylation sites (N-methyl/N-ethyl adjacent to an activating group) is 1. The van der Waals surface area contributed by atoms with Gasteiger partial charge < -0.3 is 14.6 Å². The lowest BCUT2D eigenvalue weighted by Gasteiger charge is -2.13. The Labute approximate surface area is 131 Å². The van der Waals surface area contributed by atoms with E-state index in [1.807, 2.05) is 30.3 Å². The van der Waals surface area contributed by atoms with Crippen molar-refractivity contribution in [3.05, 3.63) is 47.2 Å². The first-order valence-corrected chi connectivity index (χ1v) is 8.10. The fourth-order valence-corrected chi connectivity index (χ4v) is 2.63. The number of halogens is 1.